The monoisotopic (exact) mass is 296 g/mol. The van der Waals surface area contributed by atoms with E-state index in [0.717, 1.165) is 11.8 Å². The number of carbonyl (C=O) groups is 1. The van der Waals surface area contributed by atoms with Crippen molar-refractivity contribution < 1.29 is 4.79 Å². The van der Waals surface area contributed by atoms with Gasteiger partial charge in [0.1, 0.15) is 0 Å². The van der Waals surface area contributed by atoms with Gasteiger partial charge in [0.25, 0.3) is 0 Å². The van der Waals surface area contributed by atoms with Gasteiger partial charge in [0.2, 0.25) is 5.91 Å². The molecule has 1 amide bonds. The van der Waals surface area contributed by atoms with Crippen LogP contribution in [-0.2, 0) is 4.79 Å². The zero-order valence-electron chi connectivity index (χ0n) is 6.52. The predicted molar refractivity (Wildman–Crippen MR) is 54.4 cm³/mol. The lowest BCUT2D eigenvalue weighted by molar-refractivity contribution is -0.120. The maximum Gasteiger partial charge on any atom is 0.233 e. The molecule has 1 atom stereocenters. The summed E-state index contributed by atoms with van der Waals surface area (Å²) in [5.74, 6) is -0.0512. The van der Waals surface area contributed by atoms with Gasteiger partial charge in [-0.3, -0.25) is 4.79 Å². The van der Waals surface area contributed by atoms with Gasteiger partial charge in [-0.1, -0.05) is 31.9 Å². The number of rotatable bonds is 5. The largest absolute Gasteiger partial charge is 0.354 e. The minimum atomic E-state index is -0.157. The van der Waals surface area contributed by atoms with Crippen LogP contribution in [0.4, 0.5) is 0 Å². The third-order valence-corrected chi connectivity index (χ3v) is 2.51. The first-order valence-corrected chi connectivity index (χ1v) is 5.60. The Morgan fingerprint density at radius 2 is 2.33 bits per heavy atom. The molecule has 0 heterocycles. The average Bonchev–Trinajstić information content (AvgIpc) is 2.05. The van der Waals surface area contributed by atoms with Crippen LogP contribution in [-0.4, -0.2) is 22.6 Å². The third kappa shape index (κ3) is 5.56. The Morgan fingerprint density at radius 1 is 1.67 bits per heavy atom. The first-order valence-electron chi connectivity index (χ1n) is 3.57. The van der Waals surface area contributed by atoms with Crippen LogP contribution in [0.5, 0.6) is 0 Å². The van der Waals surface area contributed by atoms with Gasteiger partial charge < -0.3 is 5.32 Å². The summed E-state index contributed by atoms with van der Waals surface area (Å²) in [7, 11) is 0. The predicted octanol–water partition coefficient (Wildman–Crippen LogP) is 1.56. The van der Waals surface area contributed by atoms with E-state index in [2.05, 4.69) is 37.2 Å². The molecule has 5 heteroatoms. The molecule has 0 radical (unpaired) electrons. The molecular weight excluding hydrogens is 288 g/mol. The molecule has 0 aliphatic carbocycles. The second-order valence-electron chi connectivity index (χ2n) is 2.14. The molecule has 0 aromatic rings. The van der Waals surface area contributed by atoms with Crippen molar-refractivity contribution in [3.05, 3.63) is 0 Å². The number of hydrogen-bond donors (Lipinski definition) is 1. The average molecular weight is 298 g/mol. The molecule has 0 aliphatic rings. The van der Waals surface area contributed by atoms with Gasteiger partial charge in [-0.05, 0) is 6.42 Å². The molecule has 0 aromatic heterocycles. The van der Waals surface area contributed by atoms with E-state index in [1.807, 2.05) is 6.07 Å². The van der Waals surface area contributed by atoms with Crippen LogP contribution >= 0.6 is 31.9 Å². The van der Waals surface area contributed by atoms with E-state index in [1.165, 1.54) is 0 Å². The lowest BCUT2D eigenvalue weighted by Gasteiger charge is -2.07. The van der Waals surface area contributed by atoms with Crippen molar-refractivity contribution in [1.29, 1.82) is 5.26 Å². The number of halogens is 2. The fourth-order valence-electron chi connectivity index (χ4n) is 0.579. The quantitative estimate of drug-likeness (QED) is 0.618. The van der Waals surface area contributed by atoms with Crippen molar-refractivity contribution in [3.63, 3.8) is 0 Å². The van der Waals surface area contributed by atoms with E-state index in [0.29, 0.717) is 13.0 Å². The Bertz CT molecular complexity index is 179. The number of amides is 1. The van der Waals surface area contributed by atoms with Crippen LogP contribution in [0.2, 0.25) is 0 Å². The molecule has 68 valence electrons. The molecule has 0 rings (SSSR count). The van der Waals surface area contributed by atoms with Gasteiger partial charge in [-0.15, -0.1) is 0 Å². The van der Waals surface area contributed by atoms with Crippen LogP contribution in [0.15, 0.2) is 0 Å². The minimum Gasteiger partial charge on any atom is -0.354 e. The van der Waals surface area contributed by atoms with Crippen molar-refractivity contribution in [1.82, 2.24) is 5.32 Å². The standard InChI is InChI=1S/C7H10Br2N2O/c8-3-2-6(9)7(12)11-5-1-4-10/h6H,1-3,5H2,(H,11,12)/t6-/m1/s1. The summed E-state index contributed by atoms with van der Waals surface area (Å²) in [6, 6.07) is 1.95. The summed E-state index contributed by atoms with van der Waals surface area (Å²) in [5, 5.41) is 11.6. The van der Waals surface area contributed by atoms with Crippen LogP contribution < -0.4 is 5.32 Å². The topological polar surface area (TPSA) is 52.9 Å². The summed E-state index contributed by atoms with van der Waals surface area (Å²) in [4.78, 5) is 11.0. The smallest absolute Gasteiger partial charge is 0.233 e. The number of carbonyl (C=O) groups excluding carboxylic acids is 1. The van der Waals surface area contributed by atoms with Crippen LogP contribution in [0.25, 0.3) is 0 Å². The van der Waals surface area contributed by atoms with Crippen molar-refractivity contribution >= 4 is 37.8 Å². The van der Waals surface area contributed by atoms with E-state index >= 15 is 0 Å². The van der Waals surface area contributed by atoms with Crippen molar-refractivity contribution in [2.45, 2.75) is 17.7 Å². The fraction of sp³-hybridized carbons (Fsp3) is 0.714. The number of nitrogens with one attached hydrogen (secondary N) is 1. The van der Waals surface area contributed by atoms with Crippen LogP contribution in [0.3, 0.4) is 0 Å². The first-order chi connectivity index (χ1) is 5.72. The number of hydrogen-bond acceptors (Lipinski definition) is 2. The zero-order chi connectivity index (χ0) is 9.40. The molecule has 0 bridgehead atoms. The zero-order valence-corrected chi connectivity index (χ0v) is 9.69. The number of nitrogens with zero attached hydrogens (tertiary/aromatic N) is 1. The Hall–Kier alpha value is -0.0800. The third-order valence-electron chi connectivity index (χ3n) is 1.18. The molecule has 0 fully saturated rings. The molecule has 0 saturated carbocycles. The molecule has 12 heavy (non-hydrogen) atoms. The molecule has 0 unspecified atom stereocenters. The summed E-state index contributed by atoms with van der Waals surface area (Å²) >= 11 is 6.47. The molecular formula is C7H10Br2N2O. The van der Waals surface area contributed by atoms with Crippen LogP contribution in [0, 0.1) is 11.3 Å². The highest BCUT2D eigenvalue weighted by atomic mass is 79.9. The van der Waals surface area contributed by atoms with E-state index in [1.54, 1.807) is 0 Å². The summed E-state index contributed by atoms with van der Waals surface area (Å²) in [6.07, 6.45) is 1.11. The Labute approximate surface area is 88.8 Å². The van der Waals surface area contributed by atoms with Gasteiger partial charge in [0, 0.05) is 11.9 Å². The van der Waals surface area contributed by atoms with Gasteiger partial charge >= 0.3 is 0 Å². The van der Waals surface area contributed by atoms with Crippen molar-refractivity contribution in [2.24, 2.45) is 0 Å². The van der Waals surface area contributed by atoms with Crippen molar-refractivity contribution in [2.75, 3.05) is 11.9 Å². The van der Waals surface area contributed by atoms with E-state index in [-0.39, 0.29) is 10.7 Å². The molecule has 1 N–H and O–H groups in total. The fourth-order valence-corrected chi connectivity index (χ4v) is 2.04. The van der Waals surface area contributed by atoms with Gasteiger partial charge in [0.15, 0.2) is 0 Å². The minimum absolute atomic E-state index is 0.0512. The van der Waals surface area contributed by atoms with E-state index < -0.39 is 0 Å². The maximum atomic E-state index is 11.1. The highest BCUT2D eigenvalue weighted by Gasteiger charge is 2.12. The van der Waals surface area contributed by atoms with E-state index in [9.17, 15) is 4.79 Å². The summed E-state index contributed by atoms with van der Waals surface area (Å²) < 4.78 is 0. The lowest BCUT2D eigenvalue weighted by Crippen LogP contribution is -2.31. The first kappa shape index (κ1) is 11.9. The normalized spacial score (nSPS) is 11.8. The second-order valence-corrected chi connectivity index (χ2v) is 4.04. The molecule has 0 aromatic carbocycles. The molecule has 0 aliphatic heterocycles. The summed E-state index contributed by atoms with van der Waals surface area (Å²) in [6.45, 7) is 0.430. The summed E-state index contributed by atoms with van der Waals surface area (Å²) in [5.41, 5.74) is 0. The van der Waals surface area contributed by atoms with Gasteiger partial charge in [-0.25, -0.2) is 0 Å². The van der Waals surface area contributed by atoms with Gasteiger partial charge in [-0.2, -0.15) is 5.26 Å². The Balaban J connectivity index is 3.51. The van der Waals surface area contributed by atoms with Gasteiger partial charge in [0.05, 0.1) is 17.3 Å². The molecule has 0 saturated heterocycles. The lowest BCUT2D eigenvalue weighted by atomic mass is 10.3. The molecule has 3 nitrogen and oxygen atoms in total. The van der Waals surface area contributed by atoms with Crippen molar-refractivity contribution in [3.8, 4) is 6.07 Å². The molecule has 0 spiro atoms. The van der Waals surface area contributed by atoms with E-state index in [4.69, 9.17) is 5.26 Å². The Kier molecular flexibility index (Phi) is 7.51. The second kappa shape index (κ2) is 7.56. The maximum absolute atomic E-state index is 11.1. The number of nitriles is 1. The SMILES string of the molecule is N#CCCNC(=O)[C@H](Br)CCBr. The Morgan fingerprint density at radius 3 is 2.83 bits per heavy atom. The number of alkyl halides is 2. The highest BCUT2D eigenvalue weighted by Crippen LogP contribution is 2.06. The van der Waals surface area contributed by atoms with Crippen LogP contribution in [0.1, 0.15) is 12.8 Å². The highest BCUT2D eigenvalue weighted by molar-refractivity contribution is 9.10.